The van der Waals surface area contributed by atoms with Crippen molar-refractivity contribution >= 4 is 44.8 Å². The number of carbonyl (C=O) groups excluding carboxylic acids is 1. The van der Waals surface area contributed by atoms with Crippen molar-refractivity contribution in [2.75, 3.05) is 26.4 Å². The fraction of sp³-hybridized carbons (Fsp3) is 0.300. The van der Waals surface area contributed by atoms with E-state index >= 15 is 0 Å². The van der Waals surface area contributed by atoms with Crippen LogP contribution in [0.1, 0.15) is 0 Å². The summed E-state index contributed by atoms with van der Waals surface area (Å²) in [6, 6.07) is 2.54. The number of likely N-dealkylation sites (N-methyl/N-ethyl adjacent to an activating group) is 1. The zero-order valence-corrected chi connectivity index (χ0v) is 12.6. The van der Waals surface area contributed by atoms with Gasteiger partial charge < -0.3 is 10.6 Å². The maximum Gasteiger partial charge on any atom is 0.244 e. The van der Waals surface area contributed by atoms with Crippen LogP contribution in [-0.4, -0.2) is 39.9 Å². The molecule has 0 aliphatic heterocycles. The van der Waals surface area contributed by atoms with Gasteiger partial charge in [-0.15, -0.1) is 0 Å². The second kappa shape index (κ2) is 5.96. The number of amides is 1. The standard InChI is InChI=1S/C10H13Cl2N3O3S/c1-15(2)9(16)5-14-19(17,18)10-7(12)3-6(11)4-8(10)13/h3-4,14H,5,13H2,1-2H3. The van der Waals surface area contributed by atoms with Crippen LogP contribution in [0.2, 0.25) is 10.0 Å². The molecule has 19 heavy (non-hydrogen) atoms. The second-order valence-corrected chi connectivity index (χ2v) is 6.47. The predicted molar refractivity (Wildman–Crippen MR) is 74.8 cm³/mol. The van der Waals surface area contributed by atoms with Crippen molar-refractivity contribution < 1.29 is 13.2 Å². The number of anilines is 1. The summed E-state index contributed by atoms with van der Waals surface area (Å²) in [5, 5.41) is 0.126. The lowest BCUT2D eigenvalue weighted by Crippen LogP contribution is -2.36. The summed E-state index contributed by atoms with van der Waals surface area (Å²) in [6.07, 6.45) is 0. The van der Waals surface area contributed by atoms with Gasteiger partial charge in [-0.25, -0.2) is 13.1 Å². The third-order valence-corrected chi connectivity index (χ3v) is 4.36. The van der Waals surface area contributed by atoms with Gasteiger partial charge in [0.05, 0.1) is 17.3 Å². The lowest BCUT2D eigenvalue weighted by atomic mass is 10.3. The van der Waals surface area contributed by atoms with Crippen LogP contribution in [0.4, 0.5) is 5.69 Å². The summed E-state index contributed by atoms with van der Waals surface area (Å²) < 4.78 is 26.2. The first kappa shape index (κ1) is 16.0. The zero-order valence-electron chi connectivity index (χ0n) is 10.3. The first-order valence-corrected chi connectivity index (χ1v) is 7.33. The van der Waals surface area contributed by atoms with Gasteiger partial charge in [-0.3, -0.25) is 4.79 Å². The number of carbonyl (C=O) groups is 1. The number of nitrogens with one attached hydrogen (secondary N) is 1. The van der Waals surface area contributed by atoms with Gasteiger partial charge >= 0.3 is 0 Å². The molecule has 0 heterocycles. The Balaban J connectivity index is 3.05. The van der Waals surface area contributed by atoms with Gasteiger partial charge in [-0.2, -0.15) is 0 Å². The zero-order chi connectivity index (χ0) is 14.8. The highest BCUT2D eigenvalue weighted by molar-refractivity contribution is 7.89. The van der Waals surface area contributed by atoms with Crippen molar-refractivity contribution in [3.63, 3.8) is 0 Å². The Hall–Kier alpha value is -1.02. The van der Waals surface area contributed by atoms with Crippen LogP contribution in [0, 0.1) is 0 Å². The van der Waals surface area contributed by atoms with E-state index in [1.54, 1.807) is 0 Å². The van der Waals surface area contributed by atoms with Crippen LogP contribution in [0.3, 0.4) is 0 Å². The molecule has 0 aliphatic carbocycles. The number of nitrogens with two attached hydrogens (primary N) is 1. The fourth-order valence-corrected chi connectivity index (χ4v) is 3.21. The van der Waals surface area contributed by atoms with Gasteiger partial charge in [-0.05, 0) is 12.1 Å². The van der Waals surface area contributed by atoms with Crippen molar-refractivity contribution in [2.24, 2.45) is 0 Å². The van der Waals surface area contributed by atoms with Crippen LogP contribution in [0.25, 0.3) is 0 Å². The summed E-state index contributed by atoms with van der Waals surface area (Å²) in [6.45, 7) is -0.381. The van der Waals surface area contributed by atoms with Crippen molar-refractivity contribution in [1.29, 1.82) is 0 Å². The van der Waals surface area contributed by atoms with E-state index in [0.29, 0.717) is 0 Å². The predicted octanol–water partition coefficient (Wildman–Crippen LogP) is 0.942. The molecule has 9 heteroatoms. The minimum Gasteiger partial charge on any atom is -0.398 e. The smallest absolute Gasteiger partial charge is 0.244 e. The molecule has 0 aliphatic rings. The Morgan fingerprint density at radius 2 is 1.95 bits per heavy atom. The first-order chi connectivity index (χ1) is 8.65. The molecule has 0 radical (unpaired) electrons. The summed E-state index contributed by atoms with van der Waals surface area (Å²) in [7, 11) is -0.952. The molecule has 0 saturated carbocycles. The summed E-state index contributed by atoms with van der Waals surface area (Å²) in [4.78, 5) is 12.3. The summed E-state index contributed by atoms with van der Waals surface area (Å²) in [5.74, 6) is -0.396. The molecule has 1 aromatic rings. The minimum atomic E-state index is -3.98. The normalized spacial score (nSPS) is 11.4. The Morgan fingerprint density at radius 3 is 2.42 bits per heavy atom. The molecule has 0 atom stereocenters. The van der Waals surface area contributed by atoms with Crippen molar-refractivity contribution in [3.05, 3.63) is 22.2 Å². The first-order valence-electron chi connectivity index (χ1n) is 5.09. The van der Waals surface area contributed by atoms with Gasteiger partial charge in [0.15, 0.2) is 0 Å². The van der Waals surface area contributed by atoms with Crippen LogP contribution < -0.4 is 10.5 Å². The molecule has 3 N–H and O–H groups in total. The number of hydrogen-bond donors (Lipinski definition) is 2. The molecule has 106 valence electrons. The van der Waals surface area contributed by atoms with E-state index in [4.69, 9.17) is 28.9 Å². The molecule has 0 aromatic heterocycles. The van der Waals surface area contributed by atoms with Gasteiger partial charge in [0.2, 0.25) is 15.9 Å². The lowest BCUT2D eigenvalue weighted by Gasteiger charge is -2.13. The second-order valence-electron chi connectivity index (χ2n) is 3.92. The molecule has 0 bridgehead atoms. The van der Waals surface area contributed by atoms with Gasteiger partial charge in [0.25, 0.3) is 0 Å². The number of halogens is 2. The number of rotatable bonds is 4. The maximum absolute atomic E-state index is 12.0. The van der Waals surface area contributed by atoms with E-state index in [1.807, 2.05) is 0 Å². The third-order valence-electron chi connectivity index (χ3n) is 2.22. The minimum absolute atomic E-state index is 0.0812. The highest BCUT2D eigenvalue weighted by Crippen LogP contribution is 2.30. The highest BCUT2D eigenvalue weighted by Gasteiger charge is 2.22. The van der Waals surface area contributed by atoms with Crippen molar-refractivity contribution in [1.82, 2.24) is 9.62 Å². The highest BCUT2D eigenvalue weighted by atomic mass is 35.5. The molecule has 0 saturated heterocycles. The Kier molecular flexibility index (Phi) is 5.03. The van der Waals surface area contributed by atoms with E-state index in [-0.39, 0.29) is 27.2 Å². The molecule has 0 fully saturated rings. The number of nitrogen functional groups attached to an aromatic ring is 1. The fourth-order valence-electron chi connectivity index (χ4n) is 1.25. The van der Waals surface area contributed by atoms with Crippen LogP contribution >= 0.6 is 23.2 Å². The third kappa shape index (κ3) is 3.97. The molecular weight excluding hydrogens is 313 g/mol. The van der Waals surface area contributed by atoms with Crippen molar-refractivity contribution in [3.8, 4) is 0 Å². The SMILES string of the molecule is CN(C)C(=O)CNS(=O)(=O)c1c(N)cc(Cl)cc1Cl. The van der Waals surface area contributed by atoms with Gasteiger partial charge in [0, 0.05) is 19.1 Å². The van der Waals surface area contributed by atoms with E-state index in [1.165, 1.54) is 31.1 Å². The number of benzene rings is 1. The molecule has 1 amide bonds. The number of hydrogen-bond acceptors (Lipinski definition) is 4. The largest absolute Gasteiger partial charge is 0.398 e. The Bertz CT molecular complexity index is 579. The Morgan fingerprint density at radius 1 is 1.37 bits per heavy atom. The van der Waals surface area contributed by atoms with Crippen molar-refractivity contribution in [2.45, 2.75) is 4.90 Å². The molecule has 0 spiro atoms. The lowest BCUT2D eigenvalue weighted by molar-refractivity contribution is -0.127. The quantitative estimate of drug-likeness (QED) is 0.806. The van der Waals surface area contributed by atoms with E-state index < -0.39 is 15.9 Å². The average Bonchev–Trinajstić information content (AvgIpc) is 2.23. The monoisotopic (exact) mass is 325 g/mol. The Labute approximate surface area is 121 Å². The van der Waals surface area contributed by atoms with Crippen LogP contribution in [0.5, 0.6) is 0 Å². The number of nitrogens with zero attached hydrogens (tertiary/aromatic N) is 1. The molecule has 0 unspecified atom stereocenters. The molecule has 1 rings (SSSR count). The van der Waals surface area contributed by atoms with E-state index in [0.717, 1.165) is 0 Å². The molecule has 6 nitrogen and oxygen atoms in total. The van der Waals surface area contributed by atoms with E-state index in [2.05, 4.69) is 4.72 Å². The van der Waals surface area contributed by atoms with Gasteiger partial charge in [-0.1, -0.05) is 23.2 Å². The van der Waals surface area contributed by atoms with Crippen LogP contribution in [0.15, 0.2) is 17.0 Å². The average molecular weight is 326 g/mol. The summed E-state index contributed by atoms with van der Waals surface area (Å²) >= 11 is 11.5. The molecule has 1 aromatic carbocycles. The van der Waals surface area contributed by atoms with Gasteiger partial charge in [0.1, 0.15) is 4.90 Å². The number of sulfonamides is 1. The molecular formula is C10H13Cl2N3O3S. The van der Waals surface area contributed by atoms with E-state index in [9.17, 15) is 13.2 Å². The topological polar surface area (TPSA) is 92.5 Å². The maximum atomic E-state index is 12.0. The van der Waals surface area contributed by atoms with Crippen LogP contribution in [-0.2, 0) is 14.8 Å². The summed E-state index contributed by atoms with van der Waals surface area (Å²) in [5.41, 5.74) is 5.51.